The Balaban J connectivity index is 2.71. The number of nitrogens with zero attached hydrogens (tertiary/aromatic N) is 2. The van der Waals surface area contributed by atoms with Crippen LogP contribution in [0.15, 0.2) is 18.3 Å². The van der Waals surface area contributed by atoms with Gasteiger partial charge in [-0.25, -0.2) is 0 Å². The first kappa shape index (κ1) is 16.0. The molecular formula is C16H29N3. The molecule has 0 radical (unpaired) electrons. The molecule has 1 unspecified atom stereocenters. The van der Waals surface area contributed by atoms with E-state index < -0.39 is 0 Å². The minimum absolute atomic E-state index is 0.314. The summed E-state index contributed by atoms with van der Waals surface area (Å²) >= 11 is 0. The van der Waals surface area contributed by atoms with Gasteiger partial charge in [-0.05, 0) is 38.9 Å². The summed E-state index contributed by atoms with van der Waals surface area (Å²) in [6.45, 7) is 8.90. The minimum atomic E-state index is 0.314. The van der Waals surface area contributed by atoms with Gasteiger partial charge in [0.1, 0.15) is 0 Å². The summed E-state index contributed by atoms with van der Waals surface area (Å²) in [6.07, 6.45) is 7.00. The molecule has 108 valence electrons. The molecule has 3 nitrogen and oxygen atoms in total. The lowest BCUT2D eigenvalue weighted by molar-refractivity contribution is 0.631. The highest BCUT2D eigenvalue weighted by Crippen LogP contribution is 2.17. The van der Waals surface area contributed by atoms with E-state index in [1.807, 2.05) is 13.2 Å². The lowest BCUT2D eigenvalue weighted by Gasteiger charge is -2.24. The third-order valence-electron chi connectivity index (χ3n) is 3.58. The number of hydrogen-bond acceptors (Lipinski definition) is 3. The number of unbranched alkanes of at least 4 members (excludes halogenated alkanes) is 2. The fraction of sp³-hybridized carbons (Fsp3) is 0.688. The molecule has 1 rings (SSSR count). The summed E-state index contributed by atoms with van der Waals surface area (Å²) in [5, 5.41) is 3.22. The smallest absolute Gasteiger partial charge is 0.0571 e. The van der Waals surface area contributed by atoms with E-state index in [2.05, 4.69) is 48.1 Å². The maximum Gasteiger partial charge on any atom is 0.0571 e. The van der Waals surface area contributed by atoms with Crippen molar-refractivity contribution >= 4 is 5.69 Å². The highest BCUT2D eigenvalue weighted by molar-refractivity contribution is 5.44. The standard InChI is InChI=1S/C16H29N3/c1-5-7-11-19(12-8-6-2)15-9-10-16(18-13-15)14(3)17-4/h9-10,13-14,17H,5-8,11-12H2,1-4H3. The average molecular weight is 263 g/mol. The number of rotatable bonds is 9. The van der Waals surface area contributed by atoms with Crippen molar-refractivity contribution in [1.82, 2.24) is 10.3 Å². The van der Waals surface area contributed by atoms with Crippen molar-refractivity contribution in [3.63, 3.8) is 0 Å². The Morgan fingerprint density at radius 1 is 1.16 bits per heavy atom. The van der Waals surface area contributed by atoms with E-state index in [1.54, 1.807) is 0 Å². The SMILES string of the molecule is CCCCN(CCCC)c1ccc(C(C)NC)nc1. The molecule has 0 aromatic carbocycles. The van der Waals surface area contributed by atoms with Crippen molar-refractivity contribution in [3.05, 3.63) is 24.0 Å². The van der Waals surface area contributed by atoms with Crippen LogP contribution < -0.4 is 10.2 Å². The molecule has 1 aromatic heterocycles. The summed E-state index contributed by atoms with van der Waals surface area (Å²) in [5.74, 6) is 0. The first-order valence-electron chi connectivity index (χ1n) is 7.61. The van der Waals surface area contributed by atoms with Crippen molar-refractivity contribution in [2.24, 2.45) is 0 Å². The van der Waals surface area contributed by atoms with Crippen molar-refractivity contribution < 1.29 is 0 Å². The van der Waals surface area contributed by atoms with Crippen molar-refractivity contribution in [2.45, 2.75) is 52.5 Å². The van der Waals surface area contributed by atoms with Gasteiger partial charge in [0.25, 0.3) is 0 Å². The maximum atomic E-state index is 4.58. The molecule has 1 N–H and O–H groups in total. The Morgan fingerprint density at radius 2 is 1.79 bits per heavy atom. The van der Waals surface area contributed by atoms with Crippen LogP contribution in [0.2, 0.25) is 0 Å². The Kier molecular flexibility index (Phi) is 7.49. The summed E-state index contributed by atoms with van der Waals surface area (Å²) in [6, 6.07) is 4.66. The number of nitrogens with one attached hydrogen (secondary N) is 1. The first-order valence-corrected chi connectivity index (χ1v) is 7.61. The monoisotopic (exact) mass is 263 g/mol. The third kappa shape index (κ3) is 5.19. The summed E-state index contributed by atoms with van der Waals surface area (Å²) in [5.41, 5.74) is 2.37. The molecule has 0 spiro atoms. The predicted molar refractivity (Wildman–Crippen MR) is 83.7 cm³/mol. The van der Waals surface area contributed by atoms with E-state index in [0.717, 1.165) is 18.8 Å². The van der Waals surface area contributed by atoms with Crippen LogP contribution in [0, 0.1) is 0 Å². The van der Waals surface area contributed by atoms with E-state index in [4.69, 9.17) is 0 Å². The van der Waals surface area contributed by atoms with Gasteiger partial charge < -0.3 is 10.2 Å². The predicted octanol–water partition coefficient (Wildman–Crippen LogP) is 3.77. The molecule has 0 saturated heterocycles. The number of anilines is 1. The zero-order valence-electron chi connectivity index (χ0n) is 12.9. The summed E-state index contributed by atoms with van der Waals surface area (Å²) < 4.78 is 0. The van der Waals surface area contributed by atoms with E-state index in [0.29, 0.717) is 6.04 Å². The quantitative estimate of drug-likeness (QED) is 0.735. The maximum absolute atomic E-state index is 4.58. The molecular weight excluding hydrogens is 234 g/mol. The van der Waals surface area contributed by atoms with Gasteiger partial charge in [0.05, 0.1) is 17.6 Å². The second-order valence-corrected chi connectivity index (χ2v) is 5.15. The summed E-state index contributed by atoms with van der Waals surface area (Å²) in [7, 11) is 1.97. The van der Waals surface area contributed by atoms with Crippen LogP contribution in [0.5, 0.6) is 0 Å². The van der Waals surface area contributed by atoms with E-state index >= 15 is 0 Å². The van der Waals surface area contributed by atoms with Crippen LogP contribution in [-0.2, 0) is 0 Å². The first-order chi connectivity index (χ1) is 9.22. The second-order valence-electron chi connectivity index (χ2n) is 5.15. The lowest BCUT2D eigenvalue weighted by Crippen LogP contribution is -2.26. The summed E-state index contributed by atoms with van der Waals surface area (Å²) in [4.78, 5) is 7.05. The number of aromatic nitrogens is 1. The number of pyridine rings is 1. The van der Waals surface area contributed by atoms with E-state index in [9.17, 15) is 0 Å². The van der Waals surface area contributed by atoms with Gasteiger partial charge in [-0.1, -0.05) is 26.7 Å². The average Bonchev–Trinajstić information content (AvgIpc) is 2.47. The topological polar surface area (TPSA) is 28.2 Å². The van der Waals surface area contributed by atoms with Crippen LogP contribution in [0.1, 0.15) is 58.2 Å². The van der Waals surface area contributed by atoms with Crippen LogP contribution in [-0.4, -0.2) is 25.1 Å². The molecule has 3 heteroatoms. The van der Waals surface area contributed by atoms with Crippen LogP contribution >= 0.6 is 0 Å². The van der Waals surface area contributed by atoms with Gasteiger partial charge in [0.15, 0.2) is 0 Å². The molecule has 1 atom stereocenters. The Morgan fingerprint density at radius 3 is 2.21 bits per heavy atom. The Labute approximate surface area is 118 Å². The third-order valence-corrected chi connectivity index (χ3v) is 3.58. The van der Waals surface area contributed by atoms with Crippen LogP contribution in [0.3, 0.4) is 0 Å². The van der Waals surface area contributed by atoms with Gasteiger partial charge in [-0.3, -0.25) is 4.98 Å². The fourth-order valence-electron chi connectivity index (χ4n) is 2.06. The fourth-order valence-corrected chi connectivity index (χ4v) is 2.06. The molecule has 1 aromatic rings. The van der Waals surface area contributed by atoms with Gasteiger partial charge in [0.2, 0.25) is 0 Å². The van der Waals surface area contributed by atoms with Crippen molar-refractivity contribution in [3.8, 4) is 0 Å². The van der Waals surface area contributed by atoms with Gasteiger partial charge in [-0.2, -0.15) is 0 Å². The molecule has 0 fully saturated rings. The van der Waals surface area contributed by atoms with Gasteiger partial charge >= 0.3 is 0 Å². The number of hydrogen-bond donors (Lipinski definition) is 1. The molecule has 0 aliphatic rings. The van der Waals surface area contributed by atoms with E-state index in [-0.39, 0.29) is 0 Å². The van der Waals surface area contributed by atoms with Crippen molar-refractivity contribution in [1.29, 1.82) is 0 Å². The van der Waals surface area contributed by atoms with Crippen LogP contribution in [0.4, 0.5) is 5.69 Å². The highest BCUT2D eigenvalue weighted by atomic mass is 15.1. The van der Waals surface area contributed by atoms with E-state index in [1.165, 1.54) is 31.4 Å². The Bertz CT molecular complexity index is 326. The molecule has 0 aliphatic heterocycles. The molecule has 0 bridgehead atoms. The highest BCUT2D eigenvalue weighted by Gasteiger charge is 2.08. The van der Waals surface area contributed by atoms with Gasteiger partial charge in [0, 0.05) is 19.1 Å². The molecule has 1 heterocycles. The van der Waals surface area contributed by atoms with Crippen molar-refractivity contribution in [2.75, 3.05) is 25.0 Å². The molecule has 0 amide bonds. The normalized spacial score (nSPS) is 12.4. The lowest BCUT2D eigenvalue weighted by atomic mass is 10.2. The zero-order chi connectivity index (χ0) is 14.1. The molecule has 0 aliphatic carbocycles. The Hall–Kier alpha value is -1.09. The molecule has 0 saturated carbocycles. The van der Waals surface area contributed by atoms with Gasteiger partial charge in [-0.15, -0.1) is 0 Å². The largest absolute Gasteiger partial charge is 0.370 e. The van der Waals surface area contributed by atoms with Crippen LogP contribution in [0.25, 0.3) is 0 Å². The molecule has 19 heavy (non-hydrogen) atoms. The second kappa shape index (κ2) is 8.92. The zero-order valence-corrected chi connectivity index (χ0v) is 12.9. The minimum Gasteiger partial charge on any atom is -0.370 e.